The second-order valence-corrected chi connectivity index (χ2v) is 8.02. The molecule has 0 unspecified atom stereocenters. The van der Waals surface area contributed by atoms with Crippen molar-refractivity contribution in [2.45, 2.75) is 31.4 Å². The lowest BCUT2D eigenvalue weighted by molar-refractivity contribution is -0.139. The summed E-state index contributed by atoms with van der Waals surface area (Å²) in [6.07, 6.45) is 0. The minimum atomic E-state index is -0.990. The number of benzene rings is 2. The van der Waals surface area contributed by atoms with Gasteiger partial charge in [-0.05, 0) is 60.4 Å². The smallest absolute Gasteiger partial charge is 0.341 e. The van der Waals surface area contributed by atoms with Gasteiger partial charge in [0.15, 0.2) is 6.61 Å². The fourth-order valence-electron chi connectivity index (χ4n) is 2.50. The highest BCUT2D eigenvalue weighted by molar-refractivity contribution is 7.98. The van der Waals surface area contributed by atoms with E-state index >= 15 is 0 Å². The number of carbonyl (C=O) groups is 1. The van der Waals surface area contributed by atoms with E-state index in [1.165, 1.54) is 0 Å². The van der Waals surface area contributed by atoms with Crippen molar-refractivity contribution < 1.29 is 19.4 Å². The third-order valence-corrected chi connectivity index (χ3v) is 4.85. The van der Waals surface area contributed by atoms with E-state index in [9.17, 15) is 4.79 Å². The molecule has 0 atom stereocenters. The molecule has 0 amide bonds. The summed E-state index contributed by atoms with van der Waals surface area (Å²) in [5.74, 6) is 7.57. The second kappa shape index (κ2) is 11.4. The van der Waals surface area contributed by atoms with Crippen LogP contribution < -0.4 is 15.2 Å². The van der Waals surface area contributed by atoms with Gasteiger partial charge in [0.25, 0.3) is 0 Å². The molecule has 0 aromatic heterocycles. The topological polar surface area (TPSA) is 81.8 Å². The Bertz CT molecular complexity index is 899. The van der Waals surface area contributed by atoms with Gasteiger partial charge in [0.05, 0.1) is 13.2 Å². The monoisotopic (exact) mass is 413 g/mol. The molecule has 0 fully saturated rings. The van der Waals surface area contributed by atoms with Crippen molar-refractivity contribution in [2.24, 2.45) is 11.7 Å². The molecule has 0 heterocycles. The summed E-state index contributed by atoms with van der Waals surface area (Å²) >= 11 is 1.69. The Kier molecular flexibility index (Phi) is 8.91. The molecule has 154 valence electrons. The van der Waals surface area contributed by atoms with Gasteiger partial charge in [-0.25, -0.2) is 4.79 Å². The molecule has 6 heteroatoms. The molecule has 0 radical (unpaired) electrons. The third kappa shape index (κ3) is 8.10. The summed E-state index contributed by atoms with van der Waals surface area (Å²) in [6, 6.07) is 11.8. The van der Waals surface area contributed by atoms with Crippen LogP contribution in [0.1, 0.15) is 30.5 Å². The Morgan fingerprint density at radius 2 is 2.00 bits per heavy atom. The number of hydrogen-bond donors (Lipinski definition) is 2. The lowest BCUT2D eigenvalue weighted by Crippen LogP contribution is -2.09. The minimum Gasteiger partial charge on any atom is -0.493 e. The first-order valence-electron chi connectivity index (χ1n) is 9.41. The van der Waals surface area contributed by atoms with Crippen LogP contribution in [0.3, 0.4) is 0 Å². The van der Waals surface area contributed by atoms with Gasteiger partial charge in [-0.15, -0.1) is 11.8 Å². The zero-order chi connectivity index (χ0) is 21.2. The molecule has 0 aliphatic rings. The van der Waals surface area contributed by atoms with Crippen LogP contribution >= 0.6 is 11.8 Å². The van der Waals surface area contributed by atoms with Crippen molar-refractivity contribution in [3.8, 4) is 23.3 Å². The standard InChI is InChI=1S/C23H27NO4S/c1-16(2)13-27-20-11-18(5-4-8-24)10-19(12-20)15-29-21-6-7-22(17(3)9-21)28-14-23(25)26/h6-7,9-12,16H,8,13-15,24H2,1-3H3,(H,25,26). The van der Waals surface area contributed by atoms with Crippen LogP contribution in [0.2, 0.25) is 0 Å². The molecule has 2 aromatic rings. The van der Waals surface area contributed by atoms with E-state index in [1.807, 2.05) is 31.2 Å². The first-order valence-corrected chi connectivity index (χ1v) is 10.4. The first kappa shape index (κ1) is 22.7. The van der Waals surface area contributed by atoms with Gasteiger partial charge in [-0.3, -0.25) is 0 Å². The molecule has 0 aliphatic heterocycles. The summed E-state index contributed by atoms with van der Waals surface area (Å²) in [7, 11) is 0. The van der Waals surface area contributed by atoms with Gasteiger partial charge in [0, 0.05) is 16.2 Å². The molecule has 2 aromatic carbocycles. The van der Waals surface area contributed by atoms with E-state index in [0.29, 0.717) is 24.8 Å². The Hall–Kier alpha value is -2.62. The number of nitrogens with two attached hydrogens (primary N) is 1. The summed E-state index contributed by atoms with van der Waals surface area (Å²) in [5, 5.41) is 8.74. The quantitative estimate of drug-likeness (QED) is 0.476. The third-order valence-electron chi connectivity index (χ3n) is 3.79. The number of thioether (sulfide) groups is 1. The molecule has 29 heavy (non-hydrogen) atoms. The number of carboxylic acid groups (broad SMARTS) is 1. The second-order valence-electron chi connectivity index (χ2n) is 6.97. The molecule has 5 nitrogen and oxygen atoms in total. The van der Waals surface area contributed by atoms with E-state index in [0.717, 1.165) is 33.1 Å². The van der Waals surface area contributed by atoms with Crippen LogP contribution in [-0.4, -0.2) is 30.8 Å². The van der Waals surface area contributed by atoms with Crippen molar-refractivity contribution in [3.63, 3.8) is 0 Å². The van der Waals surface area contributed by atoms with E-state index in [4.69, 9.17) is 20.3 Å². The summed E-state index contributed by atoms with van der Waals surface area (Å²) in [6.45, 7) is 6.75. The van der Waals surface area contributed by atoms with Gasteiger partial charge in [0.1, 0.15) is 11.5 Å². The fourth-order valence-corrected chi connectivity index (χ4v) is 3.42. The van der Waals surface area contributed by atoms with Gasteiger partial charge in [-0.1, -0.05) is 25.7 Å². The zero-order valence-corrected chi connectivity index (χ0v) is 17.8. The zero-order valence-electron chi connectivity index (χ0n) is 17.0. The maximum absolute atomic E-state index is 10.7. The van der Waals surface area contributed by atoms with Gasteiger partial charge in [-0.2, -0.15) is 0 Å². The molecule has 0 saturated heterocycles. The highest BCUT2D eigenvalue weighted by atomic mass is 32.2. The Balaban J connectivity index is 2.10. The van der Waals surface area contributed by atoms with Gasteiger partial charge in [0.2, 0.25) is 0 Å². The van der Waals surface area contributed by atoms with Crippen molar-refractivity contribution in [3.05, 3.63) is 53.1 Å². The Morgan fingerprint density at radius 1 is 1.21 bits per heavy atom. The summed E-state index contributed by atoms with van der Waals surface area (Å²) < 4.78 is 11.2. The molecule has 0 spiro atoms. The number of aryl methyl sites for hydroxylation is 1. The molecule has 0 saturated carbocycles. The highest BCUT2D eigenvalue weighted by Gasteiger charge is 2.07. The van der Waals surface area contributed by atoms with Gasteiger partial charge >= 0.3 is 5.97 Å². The lowest BCUT2D eigenvalue weighted by Gasteiger charge is -2.12. The molecule has 2 rings (SSSR count). The molecule has 0 aliphatic carbocycles. The molecular formula is C23H27NO4S. The van der Waals surface area contributed by atoms with Crippen molar-refractivity contribution in [1.82, 2.24) is 0 Å². The number of hydrogen-bond acceptors (Lipinski definition) is 5. The number of ether oxygens (including phenoxy) is 2. The van der Waals surface area contributed by atoms with Crippen LogP contribution in [-0.2, 0) is 10.5 Å². The number of aliphatic carboxylic acids is 1. The van der Waals surface area contributed by atoms with E-state index < -0.39 is 5.97 Å². The molecule has 0 bridgehead atoms. The average Bonchev–Trinajstić information content (AvgIpc) is 2.68. The maximum atomic E-state index is 10.7. The van der Waals surface area contributed by atoms with Crippen molar-refractivity contribution in [2.75, 3.05) is 19.8 Å². The first-order chi connectivity index (χ1) is 13.9. The van der Waals surface area contributed by atoms with Crippen molar-refractivity contribution in [1.29, 1.82) is 0 Å². The largest absolute Gasteiger partial charge is 0.493 e. The van der Waals surface area contributed by atoms with E-state index in [1.54, 1.807) is 17.8 Å². The average molecular weight is 414 g/mol. The van der Waals surface area contributed by atoms with Crippen LogP contribution in [0.25, 0.3) is 0 Å². The highest BCUT2D eigenvalue weighted by Crippen LogP contribution is 2.29. The minimum absolute atomic E-state index is 0.316. The predicted molar refractivity (Wildman–Crippen MR) is 117 cm³/mol. The predicted octanol–water partition coefficient (Wildman–Crippen LogP) is 4.10. The van der Waals surface area contributed by atoms with Gasteiger partial charge < -0.3 is 20.3 Å². The normalized spacial score (nSPS) is 10.4. The lowest BCUT2D eigenvalue weighted by atomic mass is 10.1. The number of carboxylic acids is 1. The molecule has 3 N–H and O–H groups in total. The van der Waals surface area contributed by atoms with Crippen LogP contribution in [0.15, 0.2) is 41.3 Å². The fraction of sp³-hybridized carbons (Fsp3) is 0.348. The molecular weight excluding hydrogens is 386 g/mol. The summed E-state index contributed by atoms with van der Waals surface area (Å²) in [4.78, 5) is 11.7. The SMILES string of the molecule is Cc1cc(SCc2cc(C#CCN)cc(OCC(C)C)c2)ccc1OCC(=O)O. The Morgan fingerprint density at radius 3 is 2.66 bits per heavy atom. The van der Waals surface area contributed by atoms with Crippen LogP contribution in [0.5, 0.6) is 11.5 Å². The van der Waals surface area contributed by atoms with Crippen molar-refractivity contribution >= 4 is 17.7 Å². The van der Waals surface area contributed by atoms with Crippen LogP contribution in [0.4, 0.5) is 0 Å². The van der Waals surface area contributed by atoms with Crippen LogP contribution in [0, 0.1) is 24.7 Å². The Labute approximate surface area is 176 Å². The number of rotatable bonds is 9. The van der Waals surface area contributed by atoms with E-state index in [-0.39, 0.29) is 6.61 Å². The summed E-state index contributed by atoms with van der Waals surface area (Å²) in [5.41, 5.74) is 8.40. The maximum Gasteiger partial charge on any atom is 0.341 e. The van der Waals surface area contributed by atoms with E-state index in [2.05, 4.69) is 31.8 Å².